The molecule has 0 atom stereocenters. The van der Waals surface area contributed by atoms with Crippen molar-refractivity contribution >= 4 is 28.6 Å². The van der Waals surface area contributed by atoms with Crippen LogP contribution in [0.15, 0.2) is 82.5 Å². The van der Waals surface area contributed by atoms with Crippen molar-refractivity contribution in [2.24, 2.45) is 0 Å². The second-order valence-corrected chi connectivity index (χ2v) is 8.44. The van der Waals surface area contributed by atoms with Crippen LogP contribution in [0.25, 0.3) is 16.6 Å². The van der Waals surface area contributed by atoms with Crippen LogP contribution in [0.2, 0.25) is 0 Å². The lowest BCUT2D eigenvalue weighted by Gasteiger charge is -2.11. The maximum atomic E-state index is 12.9. The van der Waals surface area contributed by atoms with E-state index in [9.17, 15) is 14.0 Å². The van der Waals surface area contributed by atoms with Gasteiger partial charge in [0.05, 0.1) is 16.6 Å². The summed E-state index contributed by atoms with van der Waals surface area (Å²) < 4.78 is 14.5. The standard InChI is InChI=1S/C25H22FN3O2S/c1-17-28-23-6-3-2-5-22(23)25(31)29(17)20-11-7-18(8-12-20)24(30)27-15-4-16-32-21-13-9-19(26)10-14-21/h2-3,5-14H,4,15-16H2,1H3,(H,27,30). The zero-order valence-electron chi connectivity index (χ0n) is 17.5. The largest absolute Gasteiger partial charge is 0.352 e. The molecule has 4 aromatic rings. The van der Waals surface area contributed by atoms with Gasteiger partial charge in [-0.05, 0) is 79.8 Å². The molecule has 0 unspecified atom stereocenters. The first-order chi connectivity index (χ1) is 15.5. The number of aryl methyl sites for hydroxylation is 1. The molecule has 162 valence electrons. The van der Waals surface area contributed by atoms with Crippen LogP contribution in [0.1, 0.15) is 22.6 Å². The van der Waals surface area contributed by atoms with Crippen LogP contribution in [0.3, 0.4) is 0 Å². The molecular weight excluding hydrogens is 425 g/mol. The van der Waals surface area contributed by atoms with Gasteiger partial charge in [-0.15, -0.1) is 11.8 Å². The van der Waals surface area contributed by atoms with E-state index >= 15 is 0 Å². The van der Waals surface area contributed by atoms with Crippen LogP contribution >= 0.6 is 11.8 Å². The Bertz CT molecular complexity index is 1300. The highest BCUT2D eigenvalue weighted by molar-refractivity contribution is 7.99. The van der Waals surface area contributed by atoms with E-state index in [-0.39, 0.29) is 17.3 Å². The van der Waals surface area contributed by atoms with Crippen molar-refractivity contribution in [2.75, 3.05) is 12.3 Å². The van der Waals surface area contributed by atoms with Crippen molar-refractivity contribution in [3.05, 3.63) is 100 Å². The molecule has 0 radical (unpaired) electrons. The SMILES string of the molecule is Cc1nc2ccccc2c(=O)n1-c1ccc(C(=O)NCCCSc2ccc(F)cc2)cc1. The zero-order chi connectivity index (χ0) is 22.5. The van der Waals surface area contributed by atoms with E-state index in [0.717, 1.165) is 17.1 Å². The van der Waals surface area contributed by atoms with E-state index in [1.807, 2.05) is 18.2 Å². The number of fused-ring (bicyclic) bond motifs is 1. The zero-order valence-corrected chi connectivity index (χ0v) is 18.4. The lowest BCUT2D eigenvalue weighted by Crippen LogP contribution is -2.25. The topological polar surface area (TPSA) is 64.0 Å². The van der Waals surface area contributed by atoms with Crippen molar-refractivity contribution in [3.8, 4) is 5.69 Å². The summed E-state index contributed by atoms with van der Waals surface area (Å²) in [6.07, 6.45) is 0.795. The van der Waals surface area contributed by atoms with Gasteiger partial charge in [0, 0.05) is 17.0 Å². The highest BCUT2D eigenvalue weighted by Crippen LogP contribution is 2.18. The van der Waals surface area contributed by atoms with Gasteiger partial charge >= 0.3 is 0 Å². The Morgan fingerprint density at radius 2 is 1.75 bits per heavy atom. The second kappa shape index (κ2) is 9.78. The number of hydrogen-bond donors (Lipinski definition) is 1. The van der Waals surface area contributed by atoms with Crippen molar-refractivity contribution in [3.63, 3.8) is 0 Å². The number of rotatable bonds is 7. The summed E-state index contributed by atoms with van der Waals surface area (Å²) >= 11 is 1.62. The second-order valence-electron chi connectivity index (χ2n) is 7.28. The lowest BCUT2D eigenvalue weighted by molar-refractivity contribution is 0.0954. The Labute approximate surface area is 189 Å². The minimum atomic E-state index is -0.246. The highest BCUT2D eigenvalue weighted by Gasteiger charge is 2.11. The molecule has 0 aliphatic heterocycles. The van der Waals surface area contributed by atoms with Crippen LogP contribution in [0.5, 0.6) is 0 Å². The Balaban J connectivity index is 1.36. The van der Waals surface area contributed by atoms with Crippen LogP contribution < -0.4 is 10.9 Å². The molecule has 0 spiro atoms. The molecule has 0 bridgehead atoms. The van der Waals surface area contributed by atoms with E-state index in [1.165, 1.54) is 12.1 Å². The van der Waals surface area contributed by atoms with Gasteiger partial charge < -0.3 is 5.32 Å². The van der Waals surface area contributed by atoms with Crippen LogP contribution in [0, 0.1) is 12.7 Å². The highest BCUT2D eigenvalue weighted by atomic mass is 32.2. The molecular formula is C25H22FN3O2S. The van der Waals surface area contributed by atoms with Gasteiger partial charge in [0.2, 0.25) is 0 Å². The smallest absolute Gasteiger partial charge is 0.265 e. The third kappa shape index (κ3) is 4.89. The van der Waals surface area contributed by atoms with Crippen molar-refractivity contribution in [2.45, 2.75) is 18.2 Å². The summed E-state index contributed by atoms with van der Waals surface area (Å²) in [6, 6.07) is 20.6. The van der Waals surface area contributed by atoms with E-state index in [0.29, 0.717) is 34.5 Å². The van der Waals surface area contributed by atoms with E-state index in [1.54, 1.807) is 65.7 Å². The Kier molecular flexibility index (Phi) is 6.66. The molecule has 5 nitrogen and oxygen atoms in total. The molecule has 1 heterocycles. The molecule has 0 aliphatic carbocycles. The molecule has 32 heavy (non-hydrogen) atoms. The monoisotopic (exact) mass is 447 g/mol. The lowest BCUT2D eigenvalue weighted by atomic mass is 10.1. The molecule has 1 N–H and O–H groups in total. The van der Waals surface area contributed by atoms with Gasteiger partial charge in [-0.2, -0.15) is 0 Å². The molecule has 0 saturated heterocycles. The predicted octanol–water partition coefficient (Wildman–Crippen LogP) is 4.75. The Hall–Kier alpha value is -3.45. The summed E-state index contributed by atoms with van der Waals surface area (Å²) in [5.74, 6) is 1.00. The van der Waals surface area contributed by atoms with E-state index in [2.05, 4.69) is 10.3 Å². The van der Waals surface area contributed by atoms with Crippen LogP contribution in [-0.4, -0.2) is 27.8 Å². The van der Waals surface area contributed by atoms with Gasteiger partial charge in [0.25, 0.3) is 11.5 Å². The van der Waals surface area contributed by atoms with E-state index in [4.69, 9.17) is 0 Å². The average molecular weight is 448 g/mol. The number of hydrogen-bond acceptors (Lipinski definition) is 4. The average Bonchev–Trinajstić information content (AvgIpc) is 2.80. The summed E-state index contributed by atoms with van der Waals surface area (Å²) in [7, 11) is 0. The van der Waals surface area contributed by atoms with Crippen molar-refractivity contribution in [1.29, 1.82) is 0 Å². The van der Waals surface area contributed by atoms with E-state index < -0.39 is 0 Å². The van der Waals surface area contributed by atoms with Gasteiger partial charge in [0.1, 0.15) is 11.6 Å². The molecule has 1 amide bonds. The number of amides is 1. The van der Waals surface area contributed by atoms with Gasteiger partial charge in [-0.25, -0.2) is 9.37 Å². The number of thioether (sulfide) groups is 1. The van der Waals surface area contributed by atoms with Crippen LogP contribution in [-0.2, 0) is 0 Å². The number of benzene rings is 3. The first-order valence-corrected chi connectivity index (χ1v) is 11.3. The summed E-state index contributed by atoms with van der Waals surface area (Å²) in [6.45, 7) is 2.33. The number of nitrogens with zero attached hydrogens (tertiary/aromatic N) is 2. The summed E-state index contributed by atoms with van der Waals surface area (Å²) in [5, 5.41) is 3.46. The number of nitrogens with one attached hydrogen (secondary N) is 1. The quantitative estimate of drug-likeness (QED) is 0.328. The summed E-state index contributed by atoms with van der Waals surface area (Å²) in [4.78, 5) is 30.9. The molecule has 0 fully saturated rings. The van der Waals surface area contributed by atoms with Gasteiger partial charge in [-0.3, -0.25) is 14.2 Å². The normalized spacial score (nSPS) is 10.9. The fraction of sp³-hybridized carbons (Fsp3) is 0.160. The molecule has 0 aliphatic rings. The van der Waals surface area contributed by atoms with Gasteiger partial charge in [0.15, 0.2) is 0 Å². The number of halogens is 1. The first-order valence-electron chi connectivity index (χ1n) is 10.3. The van der Waals surface area contributed by atoms with Crippen molar-refractivity contribution in [1.82, 2.24) is 14.9 Å². The van der Waals surface area contributed by atoms with Crippen molar-refractivity contribution < 1.29 is 9.18 Å². The number of carbonyl (C=O) groups excluding carboxylic acids is 1. The maximum absolute atomic E-state index is 12.9. The maximum Gasteiger partial charge on any atom is 0.265 e. The molecule has 7 heteroatoms. The third-order valence-corrected chi connectivity index (χ3v) is 6.12. The minimum absolute atomic E-state index is 0.135. The minimum Gasteiger partial charge on any atom is -0.352 e. The number of carbonyl (C=O) groups is 1. The predicted molar refractivity (Wildman–Crippen MR) is 126 cm³/mol. The van der Waals surface area contributed by atoms with Gasteiger partial charge in [-0.1, -0.05) is 12.1 Å². The Morgan fingerprint density at radius 3 is 2.50 bits per heavy atom. The number of aromatic nitrogens is 2. The first kappa shape index (κ1) is 21.8. The Morgan fingerprint density at radius 1 is 1.03 bits per heavy atom. The third-order valence-electron chi connectivity index (χ3n) is 5.02. The molecule has 0 saturated carbocycles. The fourth-order valence-electron chi connectivity index (χ4n) is 3.41. The fourth-order valence-corrected chi connectivity index (χ4v) is 4.26. The summed E-state index contributed by atoms with van der Waals surface area (Å²) in [5.41, 5.74) is 1.72. The van der Waals surface area contributed by atoms with Crippen LogP contribution in [0.4, 0.5) is 4.39 Å². The molecule has 1 aromatic heterocycles. The number of para-hydroxylation sites is 1. The molecule has 3 aromatic carbocycles. The molecule has 4 rings (SSSR count).